The number of benzene rings is 3. The first-order valence-electron chi connectivity index (χ1n) is 14.6. The van der Waals surface area contributed by atoms with Crippen LogP contribution >= 0.6 is 11.6 Å². The van der Waals surface area contributed by atoms with Crippen LogP contribution in [0.15, 0.2) is 54.6 Å². The van der Waals surface area contributed by atoms with Crippen molar-refractivity contribution in [2.24, 2.45) is 0 Å². The molecule has 3 unspecified atom stereocenters. The molecule has 0 spiro atoms. The maximum absolute atomic E-state index is 14.8. The van der Waals surface area contributed by atoms with Crippen molar-refractivity contribution >= 4 is 28.6 Å². The van der Waals surface area contributed by atoms with Crippen LogP contribution in [0, 0.1) is 5.82 Å². The minimum atomic E-state index is -1.30. The van der Waals surface area contributed by atoms with Crippen LogP contribution in [0.25, 0.3) is 11.0 Å². The van der Waals surface area contributed by atoms with Crippen LogP contribution in [0.1, 0.15) is 59.4 Å². The SMILES string of the molecule is COC(=O)c1ccc2nc(CC3CCC(c4cccc5c4OC(C)(c4ccc(Cl)cc4F)O5)CO3)n(C[C@@H]3CCO3)c2c1. The Balaban J connectivity index is 1.08. The Morgan fingerprint density at radius 3 is 2.67 bits per heavy atom. The maximum atomic E-state index is 14.8. The number of carbonyl (C=O) groups excluding carboxylic acids is 1. The second kappa shape index (κ2) is 11.1. The molecule has 2 saturated heterocycles. The summed E-state index contributed by atoms with van der Waals surface area (Å²) in [6.07, 6.45) is 3.46. The third-order valence-electron chi connectivity index (χ3n) is 8.68. The van der Waals surface area contributed by atoms with Crippen LogP contribution in [0.3, 0.4) is 0 Å². The van der Waals surface area contributed by atoms with Crippen molar-refractivity contribution in [3.8, 4) is 11.5 Å². The highest BCUT2D eigenvalue weighted by molar-refractivity contribution is 6.30. The molecule has 0 radical (unpaired) electrons. The van der Waals surface area contributed by atoms with E-state index in [0.29, 0.717) is 41.7 Å². The highest BCUT2D eigenvalue weighted by Gasteiger charge is 2.43. The molecule has 1 aromatic heterocycles. The molecule has 0 aliphatic carbocycles. The summed E-state index contributed by atoms with van der Waals surface area (Å²) in [4.78, 5) is 17.1. The minimum absolute atomic E-state index is 0.0171. The Labute approximate surface area is 253 Å². The first-order valence-corrected chi connectivity index (χ1v) is 15.0. The second-order valence-corrected chi connectivity index (χ2v) is 11.9. The molecule has 7 rings (SSSR count). The molecule has 43 heavy (non-hydrogen) atoms. The van der Waals surface area contributed by atoms with Crippen molar-refractivity contribution in [3.63, 3.8) is 0 Å². The van der Waals surface area contributed by atoms with Crippen LogP contribution in [0.5, 0.6) is 11.5 Å². The quantitative estimate of drug-likeness (QED) is 0.221. The fourth-order valence-electron chi connectivity index (χ4n) is 6.26. The van der Waals surface area contributed by atoms with E-state index < -0.39 is 11.6 Å². The number of carbonyl (C=O) groups is 1. The van der Waals surface area contributed by atoms with Gasteiger partial charge in [-0.1, -0.05) is 23.7 Å². The first-order chi connectivity index (χ1) is 20.8. The molecular formula is C33H32ClFN2O6. The number of imidazole rings is 1. The van der Waals surface area contributed by atoms with Gasteiger partial charge in [0.05, 0.1) is 54.6 Å². The number of hydrogen-bond acceptors (Lipinski definition) is 7. The summed E-state index contributed by atoms with van der Waals surface area (Å²) in [5.41, 5.74) is 3.48. The Morgan fingerprint density at radius 2 is 1.95 bits per heavy atom. The molecule has 0 bridgehead atoms. The zero-order valence-corrected chi connectivity index (χ0v) is 24.7. The highest BCUT2D eigenvalue weighted by Crippen LogP contribution is 2.49. The van der Waals surface area contributed by atoms with Gasteiger partial charge in [0, 0.05) is 36.5 Å². The topological polar surface area (TPSA) is 81.0 Å². The molecule has 0 saturated carbocycles. The molecule has 10 heteroatoms. The van der Waals surface area contributed by atoms with E-state index in [1.165, 1.54) is 13.2 Å². The van der Waals surface area contributed by atoms with Gasteiger partial charge in [0.1, 0.15) is 11.6 Å². The zero-order chi connectivity index (χ0) is 29.7. The molecule has 4 heterocycles. The molecule has 224 valence electrons. The Hall–Kier alpha value is -3.66. The van der Waals surface area contributed by atoms with Crippen LogP contribution in [0.2, 0.25) is 5.02 Å². The van der Waals surface area contributed by atoms with E-state index in [0.717, 1.165) is 48.3 Å². The monoisotopic (exact) mass is 606 g/mol. The largest absolute Gasteiger partial charge is 0.465 e. The number of hydrogen-bond donors (Lipinski definition) is 0. The van der Waals surface area contributed by atoms with Crippen molar-refractivity contribution in [1.82, 2.24) is 9.55 Å². The summed E-state index contributed by atoms with van der Waals surface area (Å²) in [6.45, 7) is 3.66. The summed E-state index contributed by atoms with van der Waals surface area (Å²) in [5.74, 6) is 0.0425. The van der Waals surface area contributed by atoms with Gasteiger partial charge in [-0.15, -0.1) is 0 Å². The van der Waals surface area contributed by atoms with E-state index in [1.54, 1.807) is 25.1 Å². The molecule has 3 aromatic carbocycles. The normalized spacial score (nSPS) is 24.6. The molecular weight excluding hydrogens is 575 g/mol. The van der Waals surface area contributed by atoms with Crippen molar-refractivity contribution < 1.29 is 32.9 Å². The minimum Gasteiger partial charge on any atom is -0.465 e. The van der Waals surface area contributed by atoms with Gasteiger partial charge in [-0.05, 0) is 61.7 Å². The first kappa shape index (κ1) is 28.1. The number of methoxy groups -OCH3 is 1. The highest BCUT2D eigenvalue weighted by atomic mass is 35.5. The van der Waals surface area contributed by atoms with Crippen LogP contribution in [-0.4, -0.2) is 48.1 Å². The fraction of sp³-hybridized carbons (Fsp3) is 0.394. The van der Waals surface area contributed by atoms with Crippen molar-refractivity contribution in [1.29, 1.82) is 0 Å². The number of para-hydroxylation sites is 1. The van der Waals surface area contributed by atoms with Gasteiger partial charge in [0.25, 0.3) is 5.79 Å². The van der Waals surface area contributed by atoms with E-state index >= 15 is 0 Å². The third kappa shape index (κ3) is 5.24. The van der Waals surface area contributed by atoms with Gasteiger partial charge in [0.15, 0.2) is 11.5 Å². The number of nitrogens with zero attached hydrogens (tertiary/aromatic N) is 2. The van der Waals surface area contributed by atoms with E-state index in [4.69, 9.17) is 40.3 Å². The average Bonchev–Trinajstić information content (AvgIpc) is 3.51. The molecule has 4 atom stereocenters. The van der Waals surface area contributed by atoms with Gasteiger partial charge < -0.3 is 28.3 Å². The van der Waals surface area contributed by atoms with Crippen molar-refractivity contribution in [2.45, 2.75) is 63.1 Å². The molecule has 0 N–H and O–H groups in total. The Morgan fingerprint density at radius 1 is 1.09 bits per heavy atom. The van der Waals surface area contributed by atoms with Crippen LogP contribution < -0.4 is 9.47 Å². The van der Waals surface area contributed by atoms with E-state index in [2.05, 4.69) is 4.57 Å². The predicted octanol–water partition coefficient (Wildman–Crippen LogP) is 6.55. The van der Waals surface area contributed by atoms with Gasteiger partial charge in [0.2, 0.25) is 0 Å². The summed E-state index contributed by atoms with van der Waals surface area (Å²) >= 11 is 5.97. The summed E-state index contributed by atoms with van der Waals surface area (Å²) in [5, 5.41) is 0.313. The number of esters is 1. The average molecular weight is 607 g/mol. The van der Waals surface area contributed by atoms with Gasteiger partial charge in [-0.25, -0.2) is 14.2 Å². The van der Waals surface area contributed by atoms with Gasteiger partial charge in [-0.3, -0.25) is 0 Å². The number of ether oxygens (including phenoxy) is 5. The smallest absolute Gasteiger partial charge is 0.337 e. The number of halogens is 2. The Bertz CT molecular complexity index is 1700. The van der Waals surface area contributed by atoms with E-state index in [-0.39, 0.29) is 29.7 Å². The van der Waals surface area contributed by atoms with E-state index in [9.17, 15) is 9.18 Å². The molecule has 3 aliphatic heterocycles. The van der Waals surface area contributed by atoms with Crippen molar-refractivity contribution in [2.75, 3.05) is 20.3 Å². The van der Waals surface area contributed by atoms with Gasteiger partial charge >= 0.3 is 5.97 Å². The molecule has 2 fully saturated rings. The van der Waals surface area contributed by atoms with Crippen LogP contribution in [0.4, 0.5) is 4.39 Å². The lowest BCUT2D eigenvalue weighted by atomic mass is 9.89. The van der Waals surface area contributed by atoms with Crippen molar-refractivity contribution in [3.05, 3.63) is 88.0 Å². The number of rotatable bonds is 7. The standard InChI is InChI=1S/C33H32ClFN2O6/c1-33(25-10-8-21(34)15-26(25)35)42-29-5-3-4-24(31(29)43-33)20-6-9-22(41-18-20)16-30-36-27-11-7-19(32(38)39-2)14-28(27)37(30)17-23-12-13-40-23/h3-5,7-8,10-11,14-15,20,22-23H,6,9,12-13,16-18H2,1-2H3/t20?,22?,23-,33?/m0/s1. The Kier molecular flexibility index (Phi) is 7.27. The lowest BCUT2D eigenvalue weighted by molar-refractivity contribution is -0.0716. The fourth-order valence-corrected chi connectivity index (χ4v) is 6.42. The lowest BCUT2D eigenvalue weighted by Gasteiger charge is -2.31. The predicted molar refractivity (Wildman–Crippen MR) is 157 cm³/mol. The molecule has 0 amide bonds. The summed E-state index contributed by atoms with van der Waals surface area (Å²) in [7, 11) is 1.38. The second-order valence-electron chi connectivity index (χ2n) is 11.5. The summed E-state index contributed by atoms with van der Waals surface area (Å²) < 4.78 is 46.5. The zero-order valence-electron chi connectivity index (χ0n) is 24.0. The van der Waals surface area contributed by atoms with Crippen LogP contribution in [-0.2, 0) is 33.0 Å². The number of fused-ring (bicyclic) bond motifs is 2. The molecule has 8 nitrogen and oxygen atoms in total. The molecule has 3 aliphatic rings. The summed E-state index contributed by atoms with van der Waals surface area (Å²) in [6, 6.07) is 15.7. The van der Waals surface area contributed by atoms with Gasteiger partial charge in [-0.2, -0.15) is 0 Å². The van der Waals surface area contributed by atoms with E-state index in [1.807, 2.05) is 30.3 Å². The maximum Gasteiger partial charge on any atom is 0.337 e. The number of aromatic nitrogens is 2. The lowest BCUT2D eigenvalue weighted by Crippen LogP contribution is -2.33. The third-order valence-corrected chi connectivity index (χ3v) is 8.91. The molecule has 4 aromatic rings.